The minimum absolute atomic E-state index is 0.222. The number of hydrogen-bond donors (Lipinski definition) is 0. The van der Waals surface area contributed by atoms with Gasteiger partial charge in [-0.2, -0.15) is 0 Å². The summed E-state index contributed by atoms with van der Waals surface area (Å²) in [5.41, 5.74) is 6.46. The maximum Gasteiger partial charge on any atom is 0.123 e. The highest BCUT2D eigenvalue weighted by molar-refractivity contribution is 9.10. The molecule has 0 radical (unpaired) electrons. The number of benzene rings is 3. The SMILES string of the molecule is Cc1c(Cc2nc(-c3ccc(Cl)cc3)cs2)c2cc(F)ccc2n1Cc1ccc(Br)cc1. The monoisotopic (exact) mass is 524 g/mol. The first-order valence-electron chi connectivity index (χ1n) is 10.2. The predicted molar refractivity (Wildman–Crippen MR) is 135 cm³/mol. The smallest absolute Gasteiger partial charge is 0.123 e. The highest BCUT2D eigenvalue weighted by Gasteiger charge is 2.17. The van der Waals surface area contributed by atoms with Gasteiger partial charge in [0, 0.05) is 50.0 Å². The van der Waals surface area contributed by atoms with E-state index in [9.17, 15) is 4.39 Å². The lowest BCUT2D eigenvalue weighted by atomic mass is 10.1. The number of thiazole rings is 1. The van der Waals surface area contributed by atoms with Gasteiger partial charge < -0.3 is 4.57 Å². The summed E-state index contributed by atoms with van der Waals surface area (Å²) in [5.74, 6) is -0.222. The molecule has 6 heteroatoms. The molecule has 160 valence electrons. The highest BCUT2D eigenvalue weighted by atomic mass is 79.9. The quantitative estimate of drug-likeness (QED) is 0.226. The van der Waals surface area contributed by atoms with Crippen molar-refractivity contribution in [2.75, 3.05) is 0 Å². The van der Waals surface area contributed by atoms with Crippen molar-refractivity contribution in [1.82, 2.24) is 9.55 Å². The molecule has 0 N–H and O–H groups in total. The van der Waals surface area contributed by atoms with Gasteiger partial charge in [0.1, 0.15) is 5.82 Å². The van der Waals surface area contributed by atoms with Crippen LogP contribution in [0.25, 0.3) is 22.2 Å². The second-order valence-corrected chi connectivity index (χ2v) is 10.0. The fraction of sp³-hybridized carbons (Fsp3) is 0.115. The van der Waals surface area contributed by atoms with Crippen molar-refractivity contribution in [3.05, 3.63) is 109 Å². The predicted octanol–water partition coefficient (Wildman–Crippen LogP) is 8.27. The normalized spacial score (nSPS) is 11.4. The van der Waals surface area contributed by atoms with Gasteiger partial charge in [0.05, 0.1) is 10.7 Å². The van der Waals surface area contributed by atoms with E-state index in [2.05, 4.69) is 44.9 Å². The van der Waals surface area contributed by atoms with E-state index in [1.807, 2.05) is 42.5 Å². The molecule has 0 saturated carbocycles. The van der Waals surface area contributed by atoms with Crippen molar-refractivity contribution in [2.45, 2.75) is 19.9 Å². The Bertz CT molecular complexity index is 1400. The van der Waals surface area contributed by atoms with Crippen LogP contribution in [0.15, 0.2) is 76.6 Å². The number of aromatic nitrogens is 2. The third kappa shape index (κ3) is 4.25. The first-order chi connectivity index (χ1) is 15.5. The average molecular weight is 526 g/mol. The van der Waals surface area contributed by atoms with Crippen molar-refractivity contribution < 1.29 is 4.39 Å². The molecule has 0 aliphatic heterocycles. The van der Waals surface area contributed by atoms with Gasteiger partial charge in [-0.25, -0.2) is 9.37 Å². The van der Waals surface area contributed by atoms with Crippen LogP contribution in [-0.4, -0.2) is 9.55 Å². The molecule has 0 atom stereocenters. The Morgan fingerprint density at radius 1 is 1.03 bits per heavy atom. The Hall–Kier alpha value is -2.47. The Morgan fingerprint density at radius 2 is 1.78 bits per heavy atom. The van der Waals surface area contributed by atoms with E-state index in [-0.39, 0.29) is 5.82 Å². The summed E-state index contributed by atoms with van der Waals surface area (Å²) in [6.45, 7) is 2.84. The molecule has 5 aromatic rings. The molecule has 0 aliphatic rings. The van der Waals surface area contributed by atoms with E-state index in [0.717, 1.165) is 49.4 Å². The summed E-state index contributed by atoms with van der Waals surface area (Å²) in [7, 11) is 0. The van der Waals surface area contributed by atoms with Crippen LogP contribution in [0, 0.1) is 12.7 Å². The van der Waals surface area contributed by atoms with Crippen LogP contribution in [0.4, 0.5) is 4.39 Å². The fourth-order valence-corrected chi connectivity index (χ4v) is 5.23. The molecule has 0 fully saturated rings. The van der Waals surface area contributed by atoms with Gasteiger partial charge in [0.15, 0.2) is 0 Å². The molecule has 0 saturated heterocycles. The lowest BCUT2D eigenvalue weighted by Gasteiger charge is -2.09. The summed E-state index contributed by atoms with van der Waals surface area (Å²) < 4.78 is 17.5. The van der Waals surface area contributed by atoms with Crippen molar-refractivity contribution in [3.8, 4) is 11.3 Å². The zero-order chi connectivity index (χ0) is 22.2. The Morgan fingerprint density at radius 3 is 2.53 bits per heavy atom. The van der Waals surface area contributed by atoms with Gasteiger partial charge in [-0.3, -0.25) is 0 Å². The summed E-state index contributed by atoms with van der Waals surface area (Å²) >= 11 is 11.1. The lowest BCUT2D eigenvalue weighted by Crippen LogP contribution is -2.02. The van der Waals surface area contributed by atoms with E-state index >= 15 is 0 Å². The Labute approximate surface area is 203 Å². The molecule has 2 nitrogen and oxygen atoms in total. The second-order valence-electron chi connectivity index (χ2n) is 7.75. The number of nitrogens with zero attached hydrogens (tertiary/aromatic N) is 2. The minimum atomic E-state index is -0.222. The summed E-state index contributed by atoms with van der Waals surface area (Å²) in [6, 6.07) is 21.1. The van der Waals surface area contributed by atoms with E-state index in [1.165, 1.54) is 11.6 Å². The lowest BCUT2D eigenvalue weighted by molar-refractivity contribution is 0.629. The third-order valence-corrected chi connectivity index (χ3v) is 7.32. The topological polar surface area (TPSA) is 17.8 Å². The van der Waals surface area contributed by atoms with Crippen LogP contribution in [0.5, 0.6) is 0 Å². The molecule has 0 aliphatic carbocycles. The number of halogens is 3. The number of fused-ring (bicyclic) bond motifs is 1. The van der Waals surface area contributed by atoms with E-state index < -0.39 is 0 Å². The van der Waals surface area contributed by atoms with Crippen LogP contribution < -0.4 is 0 Å². The maximum atomic E-state index is 14.2. The fourth-order valence-electron chi connectivity index (χ4n) is 4.02. The standard InChI is InChI=1S/C26H19BrClFN2S/c1-16-22(13-26-30-24(15-32-26)18-4-8-20(28)9-5-18)23-12-21(29)10-11-25(23)31(16)14-17-2-6-19(27)7-3-17/h2-12,15H,13-14H2,1H3. The molecule has 0 bridgehead atoms. The van der Waals surface area contributed by atoms with Crippen molar-refractivity contribution in [2.24, 2.45) is 0 Å². The van der Waals surface area contributed by atoms with Crippen molar-refractivity contribution >= 4 is 49.8 Å². The maximum absolute atomic E-state index is 14.2. The molecule has 0 unspecified atom stereocenters. The molecule has 32 heavy (non-hydrogen) atoms. The first kappa shape index (κ1) is 21.4. The highest BCUT2D eigenvalue weighted by Crippen LogP contribution is 2.32. The molecule has 2 aromatic heterocycles. The van der Waals surface area contributed by atoms with E-state index in [4.69, 9.17) is 16.6 Å². The molecule has 0 spiro atoms. The molecule has 3 aromatic carbocycles. The van der Waals surface area contributed by atoms with E-state index in [1.54, 1.807) is 17.4 Å². The van der Waals surface area contributed by atoms with Crippen molar-refractivity contribution in [1.29, 1.82) is 0 Å². The Kier molecular flexibility index (Phi) is 5.89. The summed E-state index contributed by atoms with van der Waals surface area (Å²) in [5, 5.41) is 4.73. The minimum Gasteiger partial charge on any atom is -0.340 e. The third-order valence-electron chi connectivity index (χ3n) is 5.69. The number of hydrogen-bond acceptors (Lipinski definition) is 2. The zero-order valence-corrected chi connectivity index (χ0v) is 20.4. The van der Waals surface area contributed by atoms with Gasteiger partial charge in [0.2, 0.25) is 0 Å². The van der Waals surface area contributed by atoms with Crippen LogP contribution in [0.3, 0.4) is 0 Å². The molecule has 2 heterocycles. The van der Waals surface area contributed by atoms with Gasteiger partial charge in [0.25, 0.3) is 0 Å². The van der Waals surface area contributed by atoms with Gasteiger partial charge >= 0.3 is 0 Å². The van der Waals surface area contributed by atoms with Crippen LogP contribution in [0.2, 0.25) is 5.02 Å². The molecule has 5 rings (SSSR count). The number of rotatable bonds is 5. The summed E-state index contributed by atoms with van der Waals surface area (Å²) in [4.78, 5) is 4.85. The van der Waals surface area contributed by atoms with Crippen LogP contribution >= 0.6 is 38.9 Å². The summed E-state index contributed by atoms with van der Waals surface area (Å²) in [6.07, 6.45) is 0.664. The average Bonchev–Trinajstić information content (AvgIpc) is 3.35. The molecular formula is C26H19BrClFN2S. The van der Waals surface area contributed by atoms with Gasteiger partial charge in [-0.15, -0.1) is 11.3 Å². The molecule has 0 amide bonds. The van der Waals surface area contributed by atoms with Crippen LogP contribution in [0.1, 0.15) is 21.8 Å². The van der Waals surface area contributed by atoms with Gasteiger partial charge in [-0.05, 0) is 60.5 Å². The molecular weight excluding hydrogens is 507 g/mol. The van der Waals surface area contributed by atoms with E-state index in [0.29, 0.717) is 11.4 Å². The van der Waals surface area contributed by atoms with Crippen LogP contribution in [-0.2, 0) is 13.0 Å². The zero-order valence-electron chi connectivity index (χ0n) is 17.3. The largest absolute Gasteiger partial charge is 0.340 e. The Balaban J connectivity index is 1.52. The first-order valence-corrected chi connectivity index (χ1v) is 12.2. The second kappa shape index (κ2) is 8.81. The van der Waals surface area contributed by atoms with Gasteiger partial charge in [-0.1, -0.05) is 51.8 Å². The van der Waals surface area contributed by atoms with Crippen molar-refractivity contribution in [3.63, 3.8) is 0 Å².